The Labute approximate surface area is 107 Å². The molecule has 1 heterocycles. The third-order valence-electron chi connectivity index (χ3n) is 1.86. The van der Waals surface area contributed by atoms with Crippen molar-refractivity contribution in [2.45, 2.75) is 19.8 Å². The molecular formula is C10H13N3O4S. The van der Waals surface area contributed by atoms with Crippen LogP contribution in [0, 0.1) is 0 Å². The second-order valence-corrected chi connectivity index (χ2v) is 4.35. The Morgan fingerprint density at radius 2 is 2.17 bits per heavy atom. The van der Waals surface area contributed by atoms with Crippen LogP contribution in [0.15, 0.2) is 5.38 Å². The summed E-state index contributed by atoms with van der Waals surface area (Å²) in [6, 6.07) is 0. The summed E-state index contributed by atoms with van der Waals surface area (Å²) in [5.41, 5.74) is 0.407. The van der Waals surface area contributed by atoms with E-state index in [1.54, 1.807) is 5.38 Å². The van der Waals surface area contributed by atoms with E-state index in [9.17, 15) is 14.4 Å². The smallest absolute Gasteiger partial charge is 0.309 e. The number of rotatable bonds is 6. The number of carboxylic acids is 1. The molecule has 7 nitrogen and oxygen atoms in total. The van der Waals surface area contributed by atoms with Crippen molar-refractivity contribution < 1.29 is 19.5 Å². The molecule has 1 aromatic rings. The molecule has 0 bridgehead atoms. The van der Waals surface area contributed by atoms with E-state index in [1.165, 1.54) is 18.3 Å². The number of amides is 2. The second-order valence-electron chi connectivity index (χ2n) is 3.50. The van der Waals surface area contributed by atoms with Gasteiger partial charge in [-0.15, -0.1) is 11.3 Å². The average molecular weight is 271 g/mol. The summed E-state index contributed by atoms with van der Waals surface area (Å²) >= 11 is 1.17. The van der Waals surface area contributed by atoms with Gasteiger partial charge in [-0.2, -0.15) is 0 Å². The van der Waals surface area contributed by atoms with E-state index < -0.39 is 5.97 Å². The van der Waals surface area contributed by atoms with Gasteiger partial charge < -0.3 is 15.7 Å². The molecule has 2 amide bonds. The fourth-order valence-electron chi connectivity index (χ4n) is 1.13. The summed E-state index contributed by atoms with van der Waals surface area (Å²) in [7, 11) is 0. The highest BCUT2D eigenvalue weighted by Crippen LogP contribution is 2.15. The van der Waals surface area contributed by atoms with E-state index in [0.717, 1.165) is 0 Å². The Morgan fingerprint density at radius 3 is 2.78 bits per heavy atom. The Kier molecular flexibility index (Phi) is 5.25. The summed E-state index contributed by atoms with van der Waals surface area (Å²) in [6.45, 7) is 1.63. The van der Waals surface area contributed by atoms with Crippen molar-refractivity contribution in [1.29, 1.82) is 0 Å². The first-order valence-electron chi connectivity index (χ1n) is 5.18. The summed E-state index contributed by atoms with van der Waals surface area (Å²) in [4.78, 5) is 36.4. The van der Waals surface area contributed by atoms with Crippen LogP contribution in [-0.4, -0.2) is 34.4 Å². The van der Waals surface area contributed by atoms with Crippen LogP contribution in [0.4, 0.5) is 5.13 Å². The van der Waals surface area contributed by atoms with Crippen molar-refractivity contribution in [2.75, 3.05) is 11.9 Å². The molecule has 0 aromatic carbocycles. The minimum absolute atomic E-state index is 0.146. The van der Waals surface area contributed by atoms with Crippen LogP contribution in [-0.2, 0) is 20.8 Å². The van der Waals surface area contributed by atoms with E-state index in [-0.39, 0.29) is 31.2 Å². The monoisotopic (exact) mass is 271 g/mol. The molecule has 3 N–H and O–H groups in total. The first kappa shape index (κ1) is 14.1. The standard InChI is InChI=1S/C10H13N3O4S/c1-6(14)11-3-2-8(15)13-10-12-7(5-18-10)4-9(16)17/h5H,2-4H2,1H3,(H,11,14)(H,16,17)(H,12,13,15). The molecule has 0 saturated heterocycles. The number of thiazole rings is 1. The first-order chi connectivity index (χ1) is 8.47. The second kappa shape index (κ2) is 6.70. The average Bonchev–Trinajstić information content (AvgIpc) is 2.63. The zero-order chi connectivity index (χ0) is 13.5. The maximum atomic E-state index is 11.4. The molecule has 1 rings (SSSR count). The molecule has 0 aliphatic heterocycles. The van der Waals surface area contributed by atoms with Gasteiger partial charge in [0, 0.05) is 25.3 Å². The lowest BCUT2D eigenvalue weighted by Gasteiger charge is -2.02. The number of carboxylic acid groups (broad SMARTS) is 1. The lowest BCUT2D eigenvalue weighted by Crippen LogP contribution is -2.25. The SMILES string of the molecule is CC(=O)NCCC(=O)Nc1nc(CC(=O)O)cs1. The molecule has 98 valence electrons. The van der Waals surface area contributed by atoms with E-state index in [4.69, 9.17) is 5.11 Å². The number of carbonyl (C=O) groups excluding carboxylic acids is 2. The van der Waals surface area contributed by atoms with E-state index in [0.29, 0.717) is 10.8 Å². The van der Waals surface area contributed by atoms with Gasteiger partial charge in [0.05, 0.1) is 12.1 Å². The number of nitrogens with one attached hydrogen (secondary N) is 2. The number of anilines is 1. The van der Waals surface area contributed by atoms with E-state index in [2.05, 4.69) is 15.6 Å². The van der Waals surface area contributed by atoms with Gasteiger partial charge in [0.2, 0.25) is 11.8 Å². The minimum Gasteiger partial charge on any atom is -0.481 e. The Hall–Kier alpha value is -1.96. The highest BCUT2D eigenvalue weighted by molar-refractivity contribution is 7.13. The van der Waals surface area contributed by atoms with Crippen molar-refractivity contribution in [3.8, 4) is 0 Å². The molecule has 0 unspecified atom stereocenters. The third kappa shape index (κ3) is 5.39. The number of hydrogen-bond acceptors (Lipinski definition) is 5. The number of nitrogens with zero attached hydrogens (tertiary/aromatic N) is 1. The summed E-state index contributed by atoms with van der Waals surface area (Å²) in [5.74, 6) is -1.44. The number of aromatic nitrogens is 1. The highest BCUT2D eigenvalue weighted by atomic mass is 32.1. The Bertz CT molecular complexity index is 458. The lowest BCUT2D eigenvalue weighted by atomic mass is 10.3. The molecule has 0 spiro atoms. The number of hydrogen-bond donors (Lipinski definition) is 3. The van der Waals surface area contributed by atoms with Crippen LogP contribution in [0.2, 0.25) is 0 Å². The zero-order valence-electron chi connectivity index (χ0n) is 9.73. The van der Waals surface area contributed by atoms with Crippen LogP contribution in [0.3, 0.4) is 0 Å². The fraction of sp³-hybridized carbons (Fsp3) is 0.400. The van der Waals surface area contributed by atoms with Gasteiger partial charge in [-0.05, 0) is 0 Å². The van der Waals surface area contributed by atoms with Gasteiger partial charge >= 0.3 is 5.97 Å². The number of carbonyl (C=O) groups is 3. The minimum atomic E-state index is -0.969. The van der Waals surface area contributed by atoms with Crippen LogP contribution in [0.5, 0.6) is 0 Å². The zero-order valence-corrected chi connectivity index (χ0v) is 10.5. The third-order valence-corrected chi connectivity index (χ3v) is 2.66. The van der Waals surface area contributed by atoms with Gasteiger partial charge in [-0.25, -0.2) is 4.98 Å². The van der Waals surface area contributed by atoms with Gasteiger partial charge in [-0.3, -0.25) is 14.4 Å². The van der Waals surface area contributed by atoms with Gasteiger partial charge in [-0.1, -0.05) is 0 Å². The van der Waals surface area contributed by atoms with Crippen LogP contribution >= 0.6 is 11.3 Å². The predicted molar refractivity (Wildman–Crippen MR) is 65.4 cm³/mol. The molecule has 0 aliphatic carbocycles. The van der Waals surface area contributed by atoms with Crippen molar-refractivity contribution in [1.82, 2.24) is 10.3 Å². The van der Waals surface area contributed by atoms with Gasteiger partial charge in [0.25, 0.3) is 0 Å². The molecular weight excluding hydrogens is 258 g/mol. The van der Waals surface area contributed by atoms with Crippen LogP contribution in [0.1, 0.15) is 19.0 Å². The summed E-state index contributed by atoms with van der Waals surface area (Å²) in [5, 5.41) is 15.5. The largest absolute Gasteiger partial charge is 0.481 e. The molecule has 1 aromatic heterocycles. The topological polar surface area (TPSA) is 108 Å². The Morgan fingerprint density at radius 1 is 1.44 bits per heavy atom. The molecule has 0 saturated carbocycles. The van der Waals surface area contributed by atoms with Crippen molar-refractivity contribution >= 4 is 34.3 Å². The predicted octanol–water partition coefficient (Wildman–Crippen LogP) is 0.235. The molecule has 18 heavy (non-hydrogen) atoms. The number of aliphatic carboxylic acids is 1. The quantitative estimate of drug-likeness (QED) is 0.686. The van der Waals surface area contributed by atoms with Crippen molar-refractivity contribution in [3.05, 3.63) is 11.1 Å². The summed E-state index contributed by atoms with van der Waals surface area (Å²) < 4.78 is 0. The van der Waals surface area contributed by atoms with E-state index >= 15 is 0 Å². The fourth-order valence-corrected chi connectivity index (χ4v) is 1.86. The molecule has 0 radical (unpaired) electrons. The normalized spacial score (nSPS) is 9.83. The van der Waals surface area contributed by atoms with Crippen molar-refractivity contribution in [2.24, 2.45) is 0 Å². The summed E-state index contributed by atoms with van der Waals surface area (Å²) in [6.07, 6.45) is -0.0221. The van der Waals surface area contributed by atoms with Gasteiger partial charge in [0.15, 0.2) is 5.13 Å². The van der Waals surface area contributed by atoms with Crippen LogP contribution < -0.4 is 10.6 Å². The molecule has 0 fully saturated rings. The molecule has 8 heteroatoms. The van der Waals surface area contributed by atoms with E-state index in [1.807, 2.05) is 0 Å². The molecule has 0 atom stereocenters. The Balaban J connectivity index is 2.37. The van der Waals surface area contributed by atoms with Crippen LogP contribution in [0.25, 0.3) is 0 Å². The molecule has 0 aliphatic rings. The lowest BCUT2D eigenvalue weighted by molar-refractivity contribution is -0.136. The maximum absolute atomic E-state index is 11.4. The first-order valence-corrected chi connectivity index (χ1v) is 6.06. The maximum Gasteiger partial charge on any atom is 0.309 e. The highest BCUT2D eigenvalue weighted by Gasteiger charge is 2.08. The van der Waals surface area contributed by atoms with Crippen molar-refractivity contribution in [3.63, 3.8) is 0 Å². The van der Waals surface area contributed by atoms with Gasteiger partial charge in [0.1, 0.15) is 0 Å².